The number of halogens is 2. The number of hydrogen-bond donors (Lipinski definition) is 0. The molecule has 0 atom stereocenters. The first-order chi connectivity index (χ1) is 9.72. The van der Waals surface area contributed by atoms with Gasteiger partial charge in [-0.25, -0.2) is 4.39 Å². The van der Waals surface area contributed by atoms with Gasteiger partial charge in [0.2, 0.25) is 0 Å². The second-order valence-corrected chi connectivity index (χ2v) is 5.43. The van der Waals surface area contributed by atoms with Crippen LogP contribution in [0.1, 0.15) is 0 Å². The van der Waals surface area contributed by atoms with Crippen LogP contribution in [0.25, 0.3) is 10.9 Å². The van der Waals surface area contributed by atoms with Crippen LogP contribution in [0, 0.1) is 5.82 Å². The zero-order chi connectivity index (χ0) is 13.9. The SMILES string of the molecule is Fc1ccc2c(ccn2CCOc2ccc(Br)cc2)c1. The van der Waals surface area contributed by atoms with Gasteiger partial charge in [-0.05, 0) is 48.5 Å². The van der Waals surface area contributed by atoms with Gasteiger partial charge in [-0.15, -0.1) is 0 Å². The molecule has 0 fully saturated rings. The molecule has 0 amide bonds. The molecule has 0 aliphatic heterocycles. The van der Waals surface area contributed by atoms with Gasteiger partial charge >= 0.3 is 0 Å². The van der Waals surface area contributed by atoms with Crippen molar-refractivity contribution >= 4 is 26.8 Å². The molecule has 0 aliphatic carbocycles. The maximum absolute atomic E-state index is 13.1. The minimum atomic E-state index is -0.207. The van der Waals surface area contributed by atoms with E-state index in [0.29, 0.717) is 6.61 Å². The molecule has 0 spiro atoms. The summed E-state index contributed by atoms with van der Waals surface area (Å²) >= 11 is 3.39. The van der Waals surface area contributed by atoms with E-state index in [1.807, 2.05) is 36.5 Å². The van der Waals surface area contributed by atoms with Crippen LogP contribution in [0.5, 0.6) is 5.75 Å². The van der Waals surface area contributed by atoms with Crippen molar-refractivity contribution < 1.29 is 9.13 Å². The molecule has 0 bridgehead atoms. The molecule has 2 nitrogen and oxygen atoms in total. The molecule has 0 aliphatic rings. The first-order valence-electron chi connectivity index (χ1n) is 6.35. The quantitative estimate of drug-likeness (QED) is 0.679. The number of ether oxygens (including phenoxy) is 1. The summed E-state index contributed by atoms with van der Waals surface area (Å²) in [6.45, 7) is 1.30. The van der Waals surface area contributed by atoms with Crippen molar-refractivity contribution in [3.63, 3.8) is 0 Å². The van der Waals surface area contributed by atoms with Crippen LogP contribution in [0.3, 0.4) is 0 Å². The predicted molar refractivity (Wildman–Crippen MR) is 81.5 cm³/mol. The highest BCUT2D eigenvalue weighted by Crippen LogP contribution is 2.18. The summed E-state index contributed by atoms with van der Waals surface area (Å²) in [5.74, 6) is 0.636. The van der Waals surface area contributed by atoms with Crippen molar-refractivity contribution in [2.45, 2.75) is 6.54 Å². The highest BCUT2D eigenvalue weighted by atomic mass is 79.9. The number of nitrogens with zero attached hydrogens (tertiary/aromatic N) is 1. The van der Waals surface area contributed by atoms with Crippen molar-refractivity contribution in [1.82, 2.24) is 4.57 Å². The van der Waals surface area contributed by atoms with E-state index in [0.717, 1.165) is 27.7 Å². The van der Waals surface area contributed by atoms with Gasteiger partial charge in [0.15, 0.2) is 0 Å². The molecule has 0 saturated heterocycles. The van der Waals surface area contributed by atoms with E-state index in [9.17, 15) is 4.39 Å². The highest BCUT2D eigenvalue weighted by molar-refractivity contribution is 9.10. The molecule has 1 aromatic heterocycles. The summed E-state index contributed by atoms with van der Waals surface area (Å²) in [7, 11) is 0. The Kier molecular flexibility index (Phi) is 3.74. The van der Waals surface area contributed by atoms with Gasteiger partial charge in [-0.2, -0.15) is 0 Å². The second-order valence-electron chi connectivity index (χ2n) is 4.51. The van der Waals surface area contributed by atoms with Gasteiger partial charge in [0.25, 0.3) is 0 Å². The molecule has 2 aromatic carbocycles. The summed E-state index contributed by atoms with van der Waals surface area (Å²) in [6.07, 6.45) is 1.95. The van der Waals surface area contributed by atoms with Crippen LogP contribution in [-0.2, 0) is 6.54 Å². The van der Waals surface area contributed by atoms with Gasteiger partial charge in [-0.3, -0.25) is 0 Å². The molecule has 20 heavy (non-hydrogen) atoms. The number of aromatic nitrogens is 1. The maximum atomic E-state index is 13.1. The number of rotatable bonds is 4. The third kappa shape index (κ3) is 2.85. The molecular formula is C16H13BrFNO. The zero-order valence-electron chi connectivity index (χ0n) is 10.7. The fourth-order valence-corrected chi connectivity index (χ4v) is 2.42. The van der Waals surface area contributed by atoms with Crippen LogP contribution >= 0.6 is 15.9 Å². The van der Waals surface area contributed by atoms with Crippen LogP contribution in [0.4, 0.5) is 4.39 Å². The molecule has 0 radical (unpaired) electrons. The average molecular weight is 334 g/mol. The van der Waals surface area contributed by atoms with Crippen molar-refractivity contribution in [2.75, 3.05) is 6.61 Å². The molecule has 3 aromatic rings. The minimum Gasteiger partial charge on any atom is -0.492 e. The summed E-state index contributed by atoms with van der Waals surface area (Å²) < 4.78 is 21.9. The molecule has 102 valence electrons. The largest absolute Gasteiger partial charge is 0.492 e. The Morgan fingerprint density at radius 1 is 1.05 bits per heavy atom. The molecule has 1 heterocycles. The summed E-state index contributed by atoms with van der Waals surface area (Å²) in [4.78, 5) is 0. The maximum Gasteiger partial charge on any atom is 0.123 e. The van der Waals surface area contributed by atoms with Gasteiger partial charge in [0.05, 0.1) is 6.54 Å². The van der Waals surface area contributed by atoms with Crippen molar-refractivity contribution in [3.8, 4) is 5.75 Å². The number of fused-ring (bicyclic) bond motifs is 1. The zero-order valence-corrected chi connectivity index (χ0v) is 12.3. The van der Waals surface area contributed by atoms with Gasteiger partial charge < -0.3 is 9.30 Å². The molecule has 3 rings (SSSR count). The molecule has 0 N–H and O–H groups in total. The van der Waals surface area contributed by atoms with E-state index < -0.39 is 0 Å². The number of hydrogen-bond acceptors (Lipinski definition) is 1. The lowest BCUT2D eigenvalue weighted by Gasteiger charge is -2.08. The van der Waals surface area contributed by atoms with Gasteiger partial charge in [-0.1, -0.05) is 15.9 Å². The second kappa shape index (κ2) is 5.67. The Balaban J connectivity index is 1.66. The fraction of sp³-hybridized carbons (Fsp3) is 0.125. The van der Waals surface area contributed by atoms with E-state index >= 15 is 0 Å². The smallest absolute Gasteiger partial charge is 0.123 e. The molecular weight excluding hydrogens is 321 g/mol. The monoisotopic (exact) mass is 333 g/mol. The first kappa shape index (κ1) is 13.2. The lowest BCUT2D eigenvalue weighted by molar-refractivity contribution is 0.300. The normalized spacial score (nSPS) is 10.9. The third-order valence-corrected chi connectivity index (χ3v) is 3.68. The minimum absolute atomic E-state index is 0.207. The Morgan fingerprint density at radius 3 is 2.65 bits per heavy atom. The molecule has 0 unspecified atom stereocenters. The Hall–Kier alpha value is -1.81. The van der Waals surface area contributed by atoms with E-state index in [4.69, 9.17) is 4.74 Å². The summed E-state index contributed by atoms with van der Waals surface area (Å²) in [6, 6.07) is 14.5. The van der Waals surface area contributed by atoms with E-state index in [2.05, 4.69) is 20.5 Å². The summed E-state index contributed by atoms with van der Waals surface area (Å²) in [5, 5.41) is 0.911. The fourth-order valence-electron chi connectivity index (χ4n) is 2.16. The van der Waals surface area contributed by atoms with Crippen LogP contribution in [0.15, 0.2) is 59.2 Å². The van der Waals surface area contributed by atoms with E-state index in [1.165, 1.54) is 6.07 Å². The van der Waals surface area contributed by atoms with Crippen molar-refractivity contribution in [3.05, 3.63) is 65.0 Å². The van der Waals surface area contributed by atoms with Crippen LogP contribution < -0.4 is 4.74 Å². The standard InChI is InChI=1S/C16H13BrFNO/c17-13-1-4-15(5-2-13)20-10-9-19-8-7-12-11-14(18)3-6-16(12)19/h1-8,11H,9-10H2. The highest BCUT2D eigenvalue weighted by Gasteiger charge is 2.02. The Morgan fingerprint density at radius 2 is 1.85 bits per heavy atom. The molecule has 0 saturated carbocycles. The summed E-state index contributed by atoms with van der Waals surface area (Å²) in [5.41, 5.74) is 1.02. The van der Waals surface area contributed by atoms with Crippen LogP contribution in [0.2, 0.25) is 0 Å². The average Bonchev–Trinajstić information content (AvgIpc) is 2.83. The number of benzene rings is 2. The van der Waals surface area contributed by atoms with E-state index in [1.54, 1.807) is 12.1 Å². The first-order valence-corrected chi connectivity index (χ1v) is 7.14. The Labute approximate surface area is 124 Å². The predicted octanol–water partition coefficient (Wildman–Crippen LogP) is 4.62. The van der Waals surface area contributed by atoms with Crippen molar-refractivity contribution in [1.29, 1.82) is 0 Å². The molecule has 4 heteroatoms. The van der Waals surface area contributed by atoms with E-state index in [-0.39, 0.29) is 5.82 Å². The third-order valence-electron chi connectivity index (χ3n) is 3.15. The topological polar surface area (TPSA) is 14.2 Å². The van der Waals surface area contributed by atoms with Gasteiger partial charge in [0, 0.05) is 21.6 Å². The lowest BCUT2D eigenvalue weighted by Crippen LogP contribution is -2.07. The lowest BCUT2D eigenvalue weighted by atomic mass is 10.2. The van der Waals surface area contributed by atoms with Crippen molar-refractivity contribution in [2.24, 2.45) is 0 Å². The Bertz CT molecular complexity index is 721. The van der Waals surface area contributed by atoms with Crippen LogP contribution in [-0.4, -0.2) is 11.2 Å². The van der Waals surface area contributed by atoms with Gasteiger partial charge in [0.1, 0.15) is 18.2 Å².